The van der Waals surface area contributed by atoms with Gasteiger partial charge in [-0.2, -0.15) is 5.10 Å². The van der Waals surface area contributed by atoms with Gasteiger partial charge in [-0.15, -0.1) is 0 Å². The first-order valence-electron chi connectivity index (χ1n) is 7.44. The Morgan fingerprint density at radius 1 is 1.29 bits per heavy atom. The molecule has 0 saturated carbocycles. The molecule has 0 saturated heterocycles. The Balaban J connectivity index is 2.19. The molecule has 2 unspecified atom stereocenters. The highest BCUT2D eigenvalue weighted by Gasteiger charge is 2.37. The van der Waals surface area contributed by atoms with Crippen LogP contribution in [0.2, 0.25) is 0 Å². The van der Waals surface area contributed by atoms with Gasteiger partial charge in [-0.05, 0) is 12.1 Å². The molecule has 24 heavy (non-hydrogen) atoms. The van der Waals surface area contributed by atoms with Crippen molar-refractivity contribution in [3.63, 3.8) is 0 Å². The number of para-hydroxylation sites is 1. The normalized spacial score (nSPS) is 18.0. The van der Waals surface area contributed by atoms with Crippen LogP contribution < -0.4 is 5.01 Å². The quantitative estimate of drug-likeness (QED) is 0.800. The standard InChI is InChI=1S/C16H19N3O5/c1-10(15(21)22)9-18(2)14(20)12-8-13(16(23)24)19(17-12)11-6-4-3-5-7-11/h3-7,10,13H,8-9H2,1-2H3,(H,21,22)(H,23,24). The lowest BCUT2D eigenvalue weighted by Crippen LogP contribution is -2.38. The topological polar surface area (TPSA) is 111 Å². The Morgan fingerprint density at radius 3 is 2.46 bits per heavy atom. The molecule has 1 aliphatic rings. The smallest absolute Gasteiger partial charge is 0.328 e. The van der Waals surface area contributed by atoms with E-state index >= 15 is 0 Å². The average molecular weight is 333 g/mol. The second kappa shape index (κ2) is 7.12. The van der Waals surface area contributed by atoms with Crippen molar-refractivity contribution in [3.8, 4) is 0 Å². The van der Waals surface area contributed by atoms with Gasteiger partial charge < -0.3 is 15.1 Å². The summed E-state index contributed by atoms with van der Waals surface area (Å²) in [5.41, 5.74) is 0.681. The predicted octanol–water partition coefficient (Wildman–Crippen LogP) is 0.885. The number of carbonyl (C=O) groups excluding carboxylic acids is 1. The molecule has 2 N–H and O–H groups in total. The maximum Gasteiger partial charge on any atom is 0.328 e. The molecule has 8 nitrogen and oxygen atoms in total. The highest BCUT2D eigenvalue weighted by atomic mass is 16.4. The number of hydrogen-bond acceptors (Lipinski definition) is 5. The number of anilines is 1. The summed E-state index contributed by atoms with van der Waals surface area (Å²) in [5, 5.41) is 23.8. The Hall–Kier alpha value is -2.90. The van der Waals surface area contributed by atoms with Crippen molar-refractivity contribution in [3.05, 3.63) is 30.3 Å². The molecule has 0 bridgehead atoms. The number of carboxylic acids is 2. The third kappa shape index (κ3) is 3.70. The van der Waals surface area contributed by atoms with E-state index in [-0.39, 0.29) is 18.7 Å². The fourth-order valence-corrected chi connectivity index (χ4v) is 2.44. The molecule has 2 atom stereocenters. The molecule has 0 fully saturated rings. The van der Waals surface area contributed by atoms with Crippen LogP contribution in [0.4, 0.5) is 5.69 Å². The molecule has 0 spiro atoms. The van der Waals surface area contributed by atoms with Crippen LogP contribution in [0.1, 0.15) is 13.3 Å². The van der Waals surface area contributed by atoms with Gasteiger partial charge in [0.15, 0.2) is 6.04 Å². The van der Waals surface area contributed by atoms with Gasteiger partial charge in [0, 0.05) is 20.0 Å². The van der Waals surface area contributed by atoms with Crippen LogP contribution >= 0.6 is 0 Å². The number of benzene rings is 1. The van der Waals surface area contributed by atoms with Crippen LogP contribution in [0.5, 0.6) is 0 Å². The molecule has 1 heterocycles. The van der Waals surface area contributed by atoms with Crippen LogP contribution in [-0.4, -0.2) is 58.3 Å². The van der Waals surface area contributed by atoms with Crippen molar-refractivity contribution >= 4 is 29.2 Å². The Morgan fingerprint density at radius 2 is 1.92 bits per heavy atom. The zero-order valence-electron chi connectivity index (χ0n) is 13.4. The van der Waals surface area contributed by atoms with Crippen LogP contribution in [-0.2, 0) is 14.4 Å². The Bertz CT molecular complexity index is 674. The van der Waals surface area contributed by atoms with Gasteiger partial charge in [-0.1, -0.05) is 25.1 Å². The molecule has 1 aliphatic heterocycles. The first kappa shape index (κ1) is 17.5. The molecular weight excluding hydrogens is 314 g/mol. The van der Waals surface area contributed by atoms with Gasteiger partial charge in [0.25, 0.3) is 5.91 Å². The Labute approximate surface area is 139 Å². The van der Waals surface area contributed by atoms with Gasteiger partial charge in [0.2, 0.25) is 0 Å². The monoisotopic (exact) mass is 333 g/mol. The second-order valence-corrected chi connectivity index (χ2v) is 5.71. The number of carboxylic acid groups (broad SMARTS) is 2. The summed E-state index contributed by atoms with van der Waals surface area (Å²) < 4.78 is 0. The van der Waals surface area contributed by atoms with Gasteiger partial charge in [-0.3, -0.25) is 14.6 Å². The molecule has 128 valence electrons. The molecule has 1 aromatic rings. The molecule has 8 heteroatoms. The van der Waals surface area contributed by atoms with E-state index in [1.807, 2.05) is 0 Å². The zero-order chi connectivity index (χ0) is 17.9. The summed E-state index contributed by atoms with van der Waals surface area (Å²) in [6, 6.07) is 7.77. The number of rotatable bonds is 6. The van der Waals surface area contributed by atoms with Crippen molar-refractivity contribution < 1.29 is 24.6 Å². The number of amides is 1. The molecule has 0 radical (unpaired) electrons. The summed E-state index contributed by atoms with van der Waals surface area (Å²) >= 11 is 0. The third-order valence-electron chi connectivity index (χ3n) is 3.78. The number of hydrogen-bond donors (Lipinski definition) is 2. The minimum Gasteiger partial charge on any atom is -0.481 e. The summed E-state index contributed by atoms with van der Waals surface area (Å²) in [6.07, 6.45) is -0.0329. The summed E-state index contributed by atoms with van der Waals surface area (Å²) in [5.74, 6) is -3.27. The lowest BCUT2D eigenvalue weighted by atomic mass is 10.1. The maximum absolute atomic E-state index is 12.4. The molecule has 0 aliphatic carbocycles. The highest BCUT2D eigenvalue weighted by molar-refractivity contribution is 6.40. The summed E-state index contributed by atoms with van der Waals surface area (Å²) in [4.78, 5) is 36.1. The van der Waals surface area contributed by atoms with Crippen molar-refractivity contribution in [1.29, 1.82) is 0 Å². The zero-order valence-corrected chi connectivity index (χ0v) is 13.4. The van der Waals surface area contributed by atoms with Crippen LogP contribution in [0.25, 0.3) is 0 Å². The van der Waals surface area contributed by atoms with Crippen LogP contribution in [0, 0.1) is 5.92 Å². The molecular formula is C16H19N3O5. The maximum atomic E-state index is 12.4. The molecule has 2 rings (SSSR count). The van der Waals surface area contributed by atoms with E-state index in [9.17, 15) is 19.5 Å². The minimum atomic E-state index is -1.08. The lowest BCUT2D eigenvalue weighted by molar-refractivity contribution is -0.142. The van der Waals surface area contributed by atoms with E-state index < -0.39 is 29.8 Å². The first-order chi connectivity index (χ1) is 11.3. The predicted molar refractivity (Wildman–Crippen MR) is 86.8 cm³/mol. The fourth-order valence-electron chi connectivity index (χ4n) is 2.44. The third-order valence-corrected chi connectivity index (χ3v) is 3.78. The molecule has 0 aromatic heterocycles. The van der Waals surface area contributed by atoms with E-state index in [0.717, 1.165) is 0 Å². The van der Waals surface area contributed by atoms with Crippen LogP contribution in [0.3, 0.4) is 0 Å². The SMILES string of the molecule is CC(CN(C)C(=O)C1=NN(c2ccccc2)C(C(=O)O)C1)C(=O)O. The first-order valence-corrected chi connectivity index (χ1v) is 7.44. The van der Waals surface area contributed by atoms with Crippen molar-refractivity contribution in [2.75, 3.05) is 18.6 Å². The second-order valence-electron chi connectivity index (χ2n) is 5.71. The summed E-state index contributed by atoms with van der Waals surface area (Å²) in [6.45, 7) is 1.52. The van der Waals surface area contributed by atoms with Gasteiger partial charge in [0.05, 0.1) is 11.6 Å². The largest absolute Gasteiger partial charge is 0.481 e. The molecule has 1 amide bonds. The number of aliphatic carboxylic acids is 2. The van der Waals surface area contributed by atoms with E-state index in [1.54, 1.807) is 30.3 Å². The van der Waals surface area contributed by atoms with Gasteiger partial charge in [0.1, 0.15) is 5.71 Å². The Kier molecular flexibility index (Phi) is 5.18. The number of hydrazone groups is 1. The fraction of sp³-hybridized carbons (Fsp3) is 0.375. The lowest BCUT2D eigenvalue weighted by Gasteiger charge is -2.19. The van der Waals surface area contributed by atoms with Gasteiger partial charge in [-0.25, -0.2) is 4.79 Å². The van der Waals surface area contributed by atoms with E-state index in [1.165, 1.54) is 23.9 Å². The van der Waals surface area contributed by atoms with E-state index in [0.29, 0.717) is 5.69 Å². The van der Waals surface area contributed by atoms with E-state index in [4.69, 9.17) is 5.11 Å². The average Bonchev–Trinajstić information content (AvgIpc) is 3.00. The highest BCUT2D eigenvalue weighted by Crippen LogP contribution is 2.25. The van der Waals surface area contributed by atoms with Crippen molar-refractivity contribution in [2.45, 2.75) is 19.4 Å². The van der Waals surface area contributed by atoms with Crippen molar-refractivity contribution in [2.24, 2.45) is 11.0 Å². The van der Waals surface area contributed by atoms with Crippen molar-refractivity contribution in [1.82, 2.24) is 4.90 Å². The number of nitrogens with zero attached hydrogens (tertiary/aromatic N) is 3. The summed E-state index contributed by atoms with van der Waals surface area (Å²) in [7, 11) is 1.48. The molecule has 1 aromatic carbocycles. The van der Waals surface area contributed by atoms with Crippen LogP contribution in [0.15, 0.2) is 35.4 Å². The number of carbonyl (C=O) groups is 3. The van der Waals surface area contributed by atoms with Gasteiger partial charge >= 0.3 is 11.9 Å². The van der Waals surface area contributed by atoms with E-state index in [2.05, 4.69) is 5.10 Å². The minimum absolute atomic E-state index is 0.0241.